The second-order valence-electron chi connectivity index (χ2n) is 10.7. The molecule has 2 aromatic carbocycles. The summed E-state index contributed by atoms with van der Waals surface area (Å²) < 4.78 is 5.55. The average molecular weight is 678 g/mol. The van der Waals surface area contributed by atoms with Crippen LogP contribution in [0.4, 0.5) is 5.69 Å². The van der Waals surface area contributed by atoms with Crippen molar-refractivity contribution < 1.29 is 38.9 Å². The van der Waals surface area contributed by atoms with E-state index in [4.69, 9.17) is 27.9 Å². The lowest BCUT2D eigenvalue weighted by Gasteiger charge is -2.50. The predicted molar refractivity (Wildman–Crippen MR) is 154 cm³/mol. The summed E-state index contributed by atoms with van der Waals surface area (Å²) in [7, 11) is 1.38. The Morgan fingerprint density at radius 2 is 1.79 bits per heavy atom. The van der Waals surface area contributed by atoms with E-state index in [-0.39, 0.29) is 46.6 Å². The first kappa shape index (κ1) is 28.7. The Morgan fingerprint density at radius 1 is 1.07 bits per heavy atom. The molecule has 2 aliphatic heterocycles. The lowest BCUT2D eigenvalue weighted by atomic mass is 9.56. The highest BCUT2D eigenvalue weighted by atomic mass is 79.9. The number of rotatable bonds is 5. The number of carbonyl (C=O) groups is 5. The lowest BCUT2D eigenvalue weighted by molar-refractivity contribution is -0.138. The van der Waals surface area contributed by atoms with Gasteiger partial charge in [-0.2, -0.15) is 0 Å². The minimum absolute atomic E-state index is 0.0947. The van der Waals surface area contributed by atoms with E-state index in [0.29, 0.717) is 5.57 Å². The molecule has 0 aromatic heterocycles. The number of amides is 4. The molecule has 2 heterocycles. The number of carboxylic acids is 1. The number of phenolic OH excluding ortho intramolecular Hbond substituents is 1. The number of aromatic carboxylic acids is 1. The van der Waals surface area contributed by atoms with Gasteiger partial charge in [0.05, 0.1) is 35.7 Å². The molecule has 3 fully saturated rings. The van der Waals surface area contributed by atoms with Gasteiger partial charge in [0.2, 0.25) is 11.8 Å². The molecule has 218 valence electrons. The number of halogens is 3. The number of imide groups is 2. The summed E-state index contributed by atoms with van der Waals surface area (Å²) in [6.07, 6.45) is 1.61. The molecule has 13 heteroatoms. The van der Waals surface area contributed by atoms with Crippen molar-refractivity contribution in [2.24, 2.45) is 17.8 Å². The number of benzene rings is 2. The third-order valence-electron chi connectivity index (χ3n) is 8.92. The van der Waals surface area contributed by atoms with E-state index >= 15 is 0 Å². The number of nitrogens with zero attached hydrogens (tertiary/aromatic N) is 2. The van der Waals surface area contributed by atoms with Crippen LogP contribution < -0.4 is 9.64 Å². The normalized spacial score (nSPS) is 32.0. The Bertz CT molecular complexity index is 1630. The molecule has 6 rings (SSSR count). The van der Waals surface area contributed by atoms with Crippen LogP contribution in [0.3, 0.4) is 0 Å². The fourth-order valence-electron chi connectivity index (χ4n) is 7.10. The van der Waals surface area contributed by atoms with E-state index in [9.17, 15) is 34.2 Å². The van der Waals surface area contributed by atoms with Gasteiger partial charge >= 0.3 is 5.97 Å². The van der Waals surface area contributed by atoms with Crippen LogP contribution in [0.15, 0.2) is 54.1 Å². The number of phenols is 1. The van der Waals surface area contributed by atoms with Crippen molar-refractivity contribution >= 4 is 74.4 Å². The van der Waals surface area contributed by atoms with E-state index < -0.39 is 63.0 Å². The monoisotopic (exact) mass is 676 g/mol. The number of hydrogen-bond acceptors (Lipinski definition) is 7. The highest BCUT2D eigenvalue weighted by molar-refractivity contribution is 9.09. The standard InChI is InChI=1S/C29H23BrCl2N2O8/c1-42-19-7-3-6-18(35)21(19)22-15-8-9-16-20(17(15)11-28(31)26(40)33(12-30)27(41)29(22,28)32)24(37)34(23(16)36)14-5-2-4-13(10-14)25(38)39/h2-8,10,16-17,20,22,35H,9,11-12H2,1H3,(H,38,39). The van der Waals surface area contributed by atoms with Crippen molar-refractivity contribution in [3.05, 3.63) is 65.2 Å². The molecular formula is C29H23BrCl2N2O8. The van der Waals surface area contributed by atoms with Crippen LogP contribution in [0.1, 0.15) is 34.7 Å². The second kappa shape index (κ2) is 9.82. The molecule has 4 amide bonds. The van der Waals surface area contributed by atoms with Crippen LogP contribution in [0.25, 0.3) is 0 Å². The SMILES string of the molecule is COc1cccc(O)c1C1C2=CCC3C(=O)N(c4cccc(C(=O)O)c4)C(=O)C3C2CC2(Cl)C(=O)N(CBr)C(=O)C12Cl. The topological polar surface area (TPSA) is 142 Å². The van der Waals surface area contributed by atoms with Gasteiger partial charge in [0, 0.05) is 11.5 Å². The van der Waals surface area contributed by atoms with Gasteiger partial charge in [-0.25, -0.2) is 4.79 Å². The van der Waals surface area contributed by atoms with Crippen LogP contribution in [0.2, 0.25) is 0 Å². The number of alkyl halides is 3. The van der Waals surface area contributed by atoms with Crippen molar-refractivity contribution in [2.75, 3.05) is 17.5 Å². The first-order chi connectivity index (χ1) is 19.9. The van der Waals surface area contributed by atoms with Gasteiger partial charge in [-0.05, 0) is 49.1 Å². The van der Waals surface area contributed by atoms with Crippen LogP contribution in [0, 0.1) is 17.8 Å². The molecule has 4 aliphatic rings. The Balaban J connectivity index is 1.54. The van der Waals surface area contributed by atoms with E-state index in [0.717, 1.165) is 9.80 Å². The number of carbonyl (C=O) groups excluding carboxylic acids is 4. The number of hydrogen-bond donors (Lipinski definition) is 2. The van der Waals surface area contributed by atoms with Gasteiger partial charge < -0.3 is 14.9 Å². The van der Waals surface area contributed by atoms with Gasteiger partial charge in [-0.15, -0.1) is 23.2 Å². The molecule has 0 radical (unpaired) electrons. The fourth-order valence-corrected chi connectivity index (χ4v) is 8.51. The molecule has 1 saturated carbocycles. The predicted octanol–water partition coefficient (Wildman–Crippen LogP) is 4.01. The molecule has 6 unspecified atom stereocenters. The number of aromatic hydroxyl groups is 1. The molecule has 10 nitrogen and oxygen atoms in total. The summed E-state index contributed by atoms with van der Waals surface area (Å²) in [6, 6.07) is 10.0. The van der Waals surface area contributed by atoms with Gasteiger partial charge in [0.15, 0.2) is 9.75 Å². The number of ether oxygens (including phenoxy) is 1. The number of methoxy groups -OCH3 is 1. The highest BCUT2D eigenvalue weighted by Crippen LogP contribution is 2.67. The van der Waals surface area contributed by atoms with Crippen LogP contribution in [-0.4, -0.2) is 67.0 Å². The van der Waals surface area contributed by atoms with Crippen molar-refractivity contribution in [3.63, 3.8) is 0 Å². The summed E-state index contributed by atoms with van der Waals surface area (Å²) in [5, 5.41) is 20.5. The van der Waals surface area contributed by atoms with E-state index in [1.807, 2.05) is 0 Å². The molecule has 2 saturated heterocycles. The second-order valence-corrected chi connectivity index (χ2v) is 12.5. The Hall–Kier alpha value is -3.41. The largest absolute Gasteiger partial charge is 0.508 e. The van der Waals surface area contributed by atoms with Gasteiger partial charge in [0.1, 0.15) is 11.5 Å². The number of fused-ring (bicyclic) bond motifs is 4. The number of allylic oxidation sites excluding steroid dienone is 2. The van der Waals surface area contributed by atoms with Gasteiger partial charge in [-0.3, -0.25) is 29.0 Å². The minimum Gasteiger partial charge on any atom is -0.508 e. The first-order valence-corrected chi connectivity index (χ1v) is 14.9. The van der Waals surface area contributed by atoms with Crippen LogP contribution in [-0.2, 0) is 19.2 Å². The maximum atomic E-state index is 14.1. The number of carboxylic acid groups (broad SMARTS) is 1. The fraction of sp³-hybridized carbons (Fsp3) is 0.345. The lowest BCUT2D eigenvalue weighted by Crippen LogP contribution is -2.60. The quantitative estimate of drug-likeness (QED) is 0.209. The summed E-state index contributed by atoms with van der Waals surface area (Å²) in [4.78, 5) is 64.7. The van der Waals surface area contributed by atoms with E-state index in [2.05, 4.69) is 15.9 Å². The molecule has 0 bridgehead atoms. The smallest absolute Gasteiger partial charge is 0.335 e. The zero-order valence-corrected chi connectivity index (χ0v) is 25.0. The zero-order chi connectivity index (χ0) is 30.3. The van der Waals surface area contributed by atoms with Crippen LogP contribution in [0.5, 0.6) is 11.5 Å². The molecule has 6 atom stereocenters. The third kappa shape index (κ3) is 3.59. The van der Waals surface area contributed by atoms with Crippen LogP contribution >= 0.6 is 39.1 Å². The highest BCUT2D eigenvalue weighted by Gasteiger charge is 2.76. The summed E-state index contributed by atoms with van der Waals surface area (Å²) in [6.45, 7) is 0. The van der Waals surface area contributed by atoms with Gasteiger partial charge in [-0.1, -0.05) is 39.7 Å². The summed E-state index contributed by atoms with van der Waals surface area (Å²) in [5.41, 5.74) is 0.458. The Kier molecular flexibility index (Phi) is 6.71. The maximum Gasteiger partial charge on any atom is 0.335 e. The van der Waals surface area contributed by atoms with Crippen molar-refractivity contribution in [1.29, 1.82) is 0 Å². The molecule has 0 spiro atoms. The number of likely N-dealkylation sites (tertiary alicyclic amines) is 1. The van der Waals surface area contributed by atoms with Crippen molar-refractivity contribution in [2.45, 2.75) is 28.5 Å². The van der Waals surface area contributed by atoms with E-state index in [1.54, 1.807) is 18.2 Å². The molecule has 42 heavy (non-hydrogen) atoms. The van der Waals surface area contributed by atoms with Gasteiger partial charge in [0.25, 0.3) is 11.8 Å². The molecule has 2 aliphatic carbocycles. The molecule has 2 aromatic rings. The zero-order valence-electron chi connectivity index (χ0n) is 21.9. The third-order valence-corrected chi connectivity index (χ3v) is 10.8. The average Bonchev–Trinajstić information content (AvgIpc) is 3.31. The molecule has 2 N–H and O–H groups in total. The van der Waals surface area contributed by atoms with Crippen molar-refractivity contribution in [1.82, 2.24) is 4.90 Å². The van der Waals surface area contributed by atoms with Crippen molar-refractivity contribution in [3.8, 4) is 11.5 Å². The summed E-state index contributed by atoms with van der Waals surface area (Å²) in [5.74, 6) is -7.71. The number of anilines is 1. The minimum atomic E-state index is -2.10. The molecular weight excluding hydrogens is 655 g/mol. The summed E-state index contributed by atoms with van der Waals surface area (Å²) >= 11 is 17.6. The Morgan fingerprint density at radius 3 is 2.45 bits per heavy atom. The maximum absolute atomic E-state index is 14.1. The van der Waals surface area contributed by atoms with E-state index in [1.165, 1.54) is 37.4 Å². The Labute approximate surface area is 257 Å². The first-order valence-electron chi connectivity index (χ1n) is 13.0.